The van der Waals surface area contributed by atoms with Crippen molar-refractivity contribution in [3.63, 3.8) is 0 Å². The van der Waals surface area contributed by atoms with Crippen LogP contribution in [0.3, 0.4) is 0 Å². The number of anilines is 2. The van der Waals surface area contributed by atoms with E-state index in [1.54, 1.807) is 36.4 Å². The first kappa shape index (κ1) is 20.3. The number of thioether (sulfide) groups is 1. The molecule has 9 heteroatoms. The predicted molar refractivity (Wildman–Crippen MR) is 114 cm³/mol. The molecular formula is C20H20N6O2S. The van der Waals surface area contributed by atoms with Gasteiger partial charge < -0.3 is 11.1 Å². The van der Waals surface area contributed by atoms with E-state index in [2.05, 4.69) is 15.3 Å². The van der Waals surface area contributed by atoms with Crippen molar-refractivity contribution in [3.8, 4) is 0 Å². The van der Waals surface area contributed by atoms with Gasteiger partial charge in [0.15, 0.2) is 5.16 Å². The Labute approximate surface area is 172 Å². The first-order chi connectivity index (χ1) is 14.0. The van der Waals surface area contributed by atoms with Crippen LogP contribution in [-0.4, -0.2) is 28.0 Å². The van der Waals surface area contributed by atoms with E-state index < -0.39 is 5.91 Å². The van der Waals surface area contributed by atoms with Gasteiger partial charge in [-0.05, 0) is 36.1 Å². The maximum atomic E-state index is 12.5. The van der Waals surface area contributed by atoms with Gasteiger partial charge in [0.25, 0.3) is 11.8 Å². The number of aromatic nitrogens is 2. The molecule has 0 saturated heterocycles. The van der Waals surface area contributed by atoms with Gasteiger partial charge in [-0.25, -0.2) is 20.8 Å². The molecule has 5 N–H and O–H groups in total. The quantitative estimate of drug-likeness (QED) is 0.180. The Bertz CT molecular complexity index is 1010. The average Bonchev–Trinajstić information content (AvgIpc) is 2.77. The molecule has 0 aliphatic carbocycles. The van der Waals surface area contributed by atoms with Gasteiger partial charge in [0.2, 0.25) is 0 Å². The Morgan fingerprint density at radius 1 is 1.10 bits per heavy atom. The fraction of sp³-hybridized carbons (Fsp3) is 0.100. The molecule has 2 aromatic carbocycles. The highest BCUT2D eigenvalue weighted by Gasteiger charge is 2.15. The van der Waals surface area contributed by atoms with Crippen LogP contribution in [0.4, 0.5) is 11.5 Å². The average molecular weight is 408 g/mol. The Morgan fingerprint density at radius 2 is 1.79 bits per heavy atom. The van der Waals surface area contributed by atoms with Crippen LogP contribution in [-0.2, 0) is 6.54 Å². The van der Waals surface area contributed by atoms with Gasteiger partial charge in [-0.2, -0.15) is 0 Å². The maximum absolute atomic E-state index is 12.5. The molecule has 0 saturated carbocycles. The van der Waals surface area contributed by atoms with Crippen LogP contribution < -0.4 is 21.9 Å². The summed E-state index contributed by atoms with van der Waals surface area (Å²) in [4.78, 5) is 32.5. The van der Waals surface area contributed by atoms with Crippen molar-refractivity contribution in [2.75, 3.05) is 16.6 Å². The van der Waals surface area contributed by atoms with Gasteiger partial charge in [0, 0.05) is 18.3 Å². The van der Waals surface area contributed by atoms with Crippen LogP contribution >= 0.6 is 11.8 Å². The van der Waals surface area contributed by atoms with E-state index in [1.807, 2.05) is 24.5 Å². The van der Waals surface area contributed by atoms with Gasteiger partial charge in [-0.15, -0.1) is 0 Å². The number of hydrogen-bond acceptors (Lipinski definition) is 7. The molecule has 0 fully saturated rings. The molecule has 3 rings (SSSR count). The molecule has 0 unspecified atom stereocenters. The summed E-state index contributed by atoms with van der Waals surface area (Å²) >= 11 is 1.36. The number of primary amides is 1. The van der Waals surface area contributed by atoms with E-state index in [9.17, 15) is 9.59 Å². The summed E-state index contributed by atoms with van der Waals surface area (Å²) < 4.78 is 0. The van der Waals surface area contributed by atoms with Gasteiger partial charge >= 0.3 is 0 Å². The molecule has 2 amide bonds. The highest BCUT2D eigenvalue weighted by atomic mass is 32.2. The van der Waals surface area contributed by atoms with E-state index in [0.717, 1.165) is 10.6 Å². The van der Waals surface area contributed by atoms with Crippen LogP contribution in [0.5, 0.6) is 0 Å². The van der Waals surface area contributed by atoms with Crippen molar-refractivity contribution in [2.45, 2.75) is 11.7 Å². The summed E-state index contributed by atoms with van der Waals surface area (Å²) in [6, 6.07) is 16.0. The lowest BCUT2D eigenvalue weighted by atomic mass is 10.1. The Hall–Kier alpha value is -3.43. The van der Waals surface area contributed by atoms with Crippen molar-refractivity contribution < 1.29 is 9.59 Å². The highest BCUT2D eigenvalue weighted by molar-refractivity contribution is 7.98. The van der Waals surface area contributed by atoms with Crippen LogP contribution in [0.15, 0.2) is 66.0 Å². The first-order valence-corrected chi connectivity index (χ1v) is 9.90. The van der Waals surface area contributed by atoms with Crippen LogP contribution in [0.25, 0.3) is 0 Å². The van der Waals surface area contributed by atoms with E-state index in [-0.39, 0.29) is 11.5 Å². The number of amides is 2. The molecule has 1 aromatic heterocycles. The molecule has 0 aliphatic rings. The lowest BCUT2D eigenvalue weighted by molar-refractivity contribution is 0.0983. The standard InChI is InChI=1S/C20H20N6O2S/c1-29-20-24-12-16(17(21)27)18(25-20)23-11-13-7-9-14(10-8-13)19(28)26(22)15-5-3-2-4-6-15/h2-10,12H,11,22H2,1H3,(H2,21,27)(H,23,24,25). The molecular weight excluding hydrogens is 388 g/mol. The molecule has 148 valence electrons. The summed E-state index contributed by atoms with van der Waals surface area (Å²) in [5, 5.41) is 4.74. The van der Waals surface area contributed by atoms with Crippen molar-refractivity contribution in [2.24, 2.45) is 11.6 Å². The molecule has 1 heterocycles. The van der Waals surface area contributed by atoms with Crippen molar-refractivity contribution in [1.82, 2.24) is 9.97 Å². The minimum atomic E-state index is -0.606. The number of nitrogens with two attached hydrogens (primary N) is 2. The number of carbonyl (C=O) groups is 2. The van der Waals surface area contributed by atoms with E-state index in [0.29, 0.717) is 28.8 Å². The molecule has 0 atom stereocenters. The Balaban J connectivity index is 1.70. The first-order valence-electron chi connectivity index (χ1n) is 8.67. The third kappa shape index (κ3) is 4.89. The fourth-order valence-corrected chi connectivity index (χ4v) is 2.92. The second kappa shape index (κ2) is 9.18. The normalized spacial score (nSPS) is 10.4. The lowest BCUT2D eigenvalue weighted by Gasteiger charge is -2.16. The maximum Gasteiger partial charge on any atom is 0.272 e. The number of rotatable bonds is 7. The number of hydrazine groups is 1. The van der Waals surface area contributed by atoms with Gasteiger partial charge in [0.1, 0.15) is 5.82 Å². The third-order valence-electron chi connectivity index (χ3n) is 4.13. The minimum Gasteiger partial charge on any atom is -0.365 e. The number of hydrogen-bond donors (Lipinski definition) is 3. The predicted octanol–water partition coefficient (Wildman–Crippen LogP) is 2.43. The molecule has 3 aromatic rings. The summed E-state index contributed by atoms with van der Waals surface area (Å²) in [6.07, 6.45) is 3.25. The monoisotopic (exact) mass is 408 g/mol. The molecule has 8 nitrogen and oxygen atoms in total. The van der Waals surface area contributed by atoms with Gasteiger partial charge in [-0.3, -0.25) is 9.59 Å². The van der Waals surface area contributed by atoms with Crippen LogP contribution in [0.2, 0.25) is 0 Å². The van der Waals surface area contributed by atoms with E-state index in [4.69, 9.17) is 11.6 Å². The zero-order chi connectivity index (χ0) is 20.8. The number of carbonyl (C=O) groups excluding carboxylic acids is 2. The van der Waals surface area contributed by atoms with Gasteiger partial charge in [0.05, 0.1) is 11.3 Å². The zero-order valence-electron chi connectivity index (χ0n) is 15.7. The Kier molecular flexibility index (Phi) is 6.43. The fourth-order valence-electron chi connectivity index (χ4n) is 2.57. The van der Waals surface area contributed by atoms with Crippen molar-refractivity contribution >= 4 is 35.1 Å². The third-order valence-corrected chi connectivity index (χ3v) is 4.69. The topological polar surface area (TPSA) is 127 Å². The summed E-state index contributed by atoms with van der Waals surface area (Å²) in [6.45, 7) is 0.393. The largest absolute Gasteiger partial charge is 0.365 e. The molecule has 0 bridgehead atoms. The van der Waals surface area contributed by atoms with Gasteiger partial charge in [-0.1, -0.05) is 42.1 Å². The number of nitrogens with one attached hydrogen (secondary N) is 1. The lowest BCUT2D eigenvalue weighted by Crippen LogP contribution is -2.37. The Morgan fingerprint density at radius 3 is 2.41 bits per heavy atom. The molecule has 0 aliphatic heterocycles. The summed E-state index contributed by atoms with van der Waals surface area (Å²) in [5.74, 6) is 5.38. The SMILES string of the molecule is CSc1ncc(C(N)=O)c(NCc2ccc(C(=O)N(N)c3ccccc3)cc2)n1. The number of benzene rings is 2. The molecule has 29 heavy (non-hydrogen) atoms. The smallest absolute Gasteiger partial charge is 0.272 e. The van der Waals surface area contributed by atoms with Crippen LogP contribution in [0, 0.1) is 0 Å². The van der Waals surface area contributed by atoms with Crippen molar-refractivity contribution in [3.05, 3.63) is 77.5 Å². The minimum absolute atomic E-state index is 0.219. The number of nitrogens with zero attached hydrogens (tertiary/aromatic N) is 3. The molecule has 0 spiro atoms. The second-order valence-corrected chi connectivity index (χ2v) is 6.82. The second-order valence-electron chi connectivity index (χ2n) is 6.04. The summed E-state index contributed by atoms with van der Waals surface area (Å²) in [5.41, 5.74) is 7.57. The highest BCUT2D eigenvalue weighted by Crippen LogP contribution is 2.18. The summed E-state index contributed by atoms with van der Waals surface area (Å²) in [7, 11) is 0. The van der Waals surface area contributed by atoms with Crippen molar-refractivity contribution in [1.29, 1.82) is 0 Å². The number of para-hydroxylation sites is 1. The zero-order valence-corrected chi connectivity index (χ0v) is 16.5. The van der Waals surface area contributed by atoms with Crippen LogP contribution in [0.1, 0.15) is 26.3 Å². The van der Waals surface area contributed by atoms with E-state index in [1.165, 1.54) is 18.0 Å². The van der Waals surface area contributed by atoms with E-state index >= 15 is 0 Å². The molecule has 0 radical (unpaired) electrons.